The highest BCUT2D eigenvalue weighted by Gasteiger charge is 2.10. The molecule has 1 aromatic rings. The Morgan fingerprint density at radius 2 is 2.00 bits per heavy atom. The van der Waals surface area contributed by atoms with Crippen molar-refractivity contribution in [2.45, 2.75) is 20.3 Å². The summed E-state index contributed by atoms with van der Waals surface area (Å²) >= 11 is 0. The second-order valence-electron chi connectivity index (χ2n) is 5.18. The van der Waals surface area contributed by atoms with E-state index in [-0.39, 0.29) is 12.5 Å². The summed E-state index contributed by atoms with van der Waals surface area (Å²) in [5.74, 6) is 2.05. The molecule has 0 aromatic heterocycles. The molecule has 0 fully saturated rings. The van der Waals surface area contributed by atoms with E-state index in [0.29, 0.717) is 19.1 Å². The second-order valence-corrected chi connectivity index (χ2v) is 5.18. The summed E-state index contributed by atoms with van der Waals surface area (Å²) in [6.07, 6.45) is 0.744. The van der Waals surface area contributed by atoms with E-state index in [2.05, 4.69) is 13.8 Å². The lowest BCUT2D eigenvalue weighted by atomic mass is 10.00. The van der Waals surface area contributed by atoms with Crippen LogP contribution in [0.1, 0.15) is 19.4 Å². The van der Waals surface area contributed by atoms with Gasteiger partial charge in [0.1, 0.15) is 0 Å². The van der Waals surface area contributed by atoms with Gasteiger partial charge in [-0.2, -0.15) is 0 Å². The third-order valence-corrected chi connectivity index (χ3v) is 2.92. The Morgan fingerprint density at radius 1 is 1.26 bits per heavy atom. The number of aliphatic hydroxyl groups excluding tert-OH is 1. The Labute approximate surface area is 115 Å². The Balaban J connectivity index is 2.77. The Kier molecular flexibility index (Phi) is 6.67. The fraction of sp³-hybridized carbons (Fsp3) is 0.600. The van der Waals surface area contributed by atoms with Crippen LogP contribution in [0.2, 0.25) is 0 Å². The van der Waals surface area contributed by atoms with E-state index in [1.54, 1.807) is 7.11 Å². The van der Waals surface area contributed by atoms with Gasteiger partial charge < -0.3 is 20.3 Å². The molecule has 1 aromatic carbocycles. The van der Waals surface area contributed by atoms with Gasteiger partial charge >= 0.3 is 0 Å². The number of hydrogen-bond donors (Lipinski definition) is 2. The van der Waals surface area contributed by atoms with Crippen molar-refractivity contribution in [2.75, 3.05) is 26.9 Å². The molecule has 0 heterocycles. The zero-order valence-corrected chi connectivity index (χ0v) is 12.1. The minimum absolute atomic E-state index is 0.0899. The molecule has 0 radical (unpaired) electrons. The fourth-order valence-corrected chi connectivity index (χ4v) is 1.77. The minimum Gasteiger partial charge on any atom is -0.493 e. The number of hydrogen-bond acceptors (Lipinski definition) is 4. The van der Waals surface area contributed by atoms with Gasteiger partial charge in [-0.25, -0.2) is 0 Å². The second kappa shape index (κ2) is 8.02. The largest absolute Gasteiger partial charge is 0.493 e. The molecule has 0 aliphatic carbocycles. The van der Waals surface area contributed by atoms with E-state index in [0.717, 1.165) is 23.5 Å². The summed E-state index contributed by atoms with van der Waals surface area (Å²) in [5.41, 5.74) is 6.69. The molecule has 19 heavy (non-hydrogen) atoms. The lowest BCUT2D eigenvalue weighted by Gasteiger charge is -2.15. The Hall–Kier alpha value is -1.26. The molecule has 0 aliphatic heterocycles. The van der Waals surface area contributed by atoms with Crippen LogP contribution in [-0.2, 0) is 6.42 Å². The van der Waals surface area contributed by atoms with E-state index in [1.807, 2.05) is 18.2 Å². The molecule has 1 atom stereocenters. The molecule has 3 N–H and O–H groups in total. The standard InChI is InChI=1S/C15H25NO3/c1-11(2)10-19-14-5-4-12(7-15(14)18-3)6-13(8-16)9-17/h4-5,7,11,13,17H,6,8-10,16H2,1-3H3. The summed E-state index contributed by atoms with van der Waals surface area (Å²) < 4.78 is 11.1. The van der Waals surface area contributed by atoms with E-state index < -0.39 is 0 Å². The predicted molar refractivity (Wildman–Crippen MR) is 76.7 cm³/mol. The quantitative estimate of drug-likeness (QED) is 0.754. The zero-order chi connectivity index (χ0) is 14.3. The van der Waals surface area contributed by atoms with Crippen molar-refractivity contribution in [1.82, 2.24) is 0 Å². The average Bonchev–Trinajstić information content (AvgIpc) is 2.42. The van der Waals surface area contributed by atoms with Crippen molar-refractivity contribution in [3.8, 4) is 11.5 Å². The molecule has 0 saturated heterocycles. The Morgan fingerprint density at radius 3 is 2.53 bits per heavy atom. The first-order valence-corrected chi connectivity index (χ1v) is 6.71. The molecule has 1 unspecified atom stereocenters. The van der Waals surface area contributed by atoms with Crippen molar-refractivity contribution in [2.24, 2.45) is 17.6 Å². The first kappa shape index (κ1) is 15.8. The van der Waals surface area contributed by atoms with Crippen molar-refractivity contribution in [3.63, 3.8) is 0 Å². The number of methoxy groups -OCH3 is 1. The van der Waals surface area contributed by atoms with E-state index in [1.165, 1.54) is 0 Å². The van der Waals surface area contributed by atoms with Crippen molar-refractivity contribution in [1.29, 1.82) is 0 Å². The van der Waals surface area contributed by atoms with Gasteiger partial charge in [0.25, 0.3) is 0 Å². The third-order valence-electron chi connectivity index (χ3n) is 2.92. The maximum atomic E-state index is 9.18. The van der Waals surface area contributed by atoms with E-state index in [4.69, 9.17) is 15.2 Å². The van der Waals surface area contributed by atoms with Crippen LogP contribution in [0.25, 0.3) is 0 Å². The van der Waals surface area contributed by atoms with Gasteiger partial charge in [0, 0.05) is 6.61 Å². The molecule has 4 nitrogen and oxygen atoms in total. The van der Waals surface area contributed by atoms with Gasteiger partial charge in [-0.1, -0.05) is 19.9 Å². The summed E-state index contributed by atoms with van der Waals surface area (Å²) in [6, 6.07) is 5.87. The van der Waals surface area contributed by atoms with Crippen LogP contribution in [0, 0.1) is 11.8 Å². The molecule has 0 amide bonds. The lowest BCUT2D eigenvalue weighted by Crippen LogP contribution is -2.20. The summed E-state index contributed by atoms with van der Waals surface area (Å²) in [5, 5.41) is 9.18. The SMILES string of the molecule is COc1cc(CC(CN)CO)ccc1OCC(C)C. The average molecular weight is 267 g/mol. The van der Waals surface area contributed by atoms with Crippen LogP contribution in [-0.4, -0.2) is 32.0 Å². The van der Waals surface area contributed by atoms with Crippen molar-refractivity contribution in [3.05, 3.63) is 23.8 Å². The van der Waals surface area contributed by atoms with Gasteiger partial charge in [0.05, 0.1) is 13.7 Å². The third kappa shape index (κ3) is 5.09. The van der Waals surface area contributed by atoms with Gasteiger partial charge in [-0.15, -0.1) is 0 Å². The molecule has 0 spiro atoms. The Bertz CT molecular complexity index is 376. The lowest BCUT2D eigenvalue weighted by molar-refractivity contribution is 0.229. The molecule has 0 bridgehead atoms. The van der Waals surface area contributed by atoms with Crippen LogP contribution in [0.3, 0.4) is 0 Å². The molecular weight excluding hydrogens is 242 g/mol. The smallest absolute Gasteiger partial charge is 0.161 e. The molecule has 0 aliphatic rings. The number of ether oxygens (including phenoxy) is 2. The molecule has 4 heteroatoms. The summed E-state index contributed by atoms with van der Waals surface area (Å²) in [4.78, 5) is 0. The van der Waals surface area contributed by atoms with Crippen LogP contribution in [0.15, 0.2) is 18.2 Å². The number of aliphatic hydroxyl groups is 1. The highest BCUT2D eigenvalue weighted by atomic mass is 16.5. The molecule has 1 rings (SSSR count). The zero-order valence-electron chi connectivity index (χ0n) is 12.1. The fourth-order valence-electron chi connectivity index (χ4n) is 1.77. The number of benzene rings is 1. The van der Waals surface area contributed by atoms with Crippen LogP contribution < -0.4 is 15.2 Å². The predicted octanol–water partition coefficient (Wildman–Crippen LogP) is 1.84. The topological polar surface area (TPSA) is 64.7 Å². The van der Waals surface area contributed by atoms with Gasteiger partial charge in [-0.05, 0) is 42.5 Å². The van der Waals surface area contributed by atoms with Crippen LogP contribution in [0.4, 0.5) is 0 Å². The first-order chi connectivity index (χ1) is 9.10. The highest BCUT2D eigenvalue weighted by Crippen LogP contribution is 2.29. The van der Waals surface area contributed by atoms with Crippen LogP contribution in [0.5, 0.6) is 11.5 Å². The number of nitrogens with two attached hydrogens (primary N) is 1. The molecule has 0 saturated carbocycles. The van der Waals surface area contributed by atoms with E-state index in [9.17, 15) is 5.11 Å². The van der Waals surface area contributed by atoms with Gasteiger partial charge in [-0.3, -0.25) is 0 Å². The number of rotatable bonds is 8. The first-order valence-electron chi connectivity index (χ1n) is 6.71. The minimum atomic E-state index is 0.0899. The van der Waals surface area contributed by atoms with Crippen molar-refractivity contribution >= 4 is 0 Å². The maximum Gasteiger partial charge on any atom is 0.161 e. The maximum absolute atomic E-state index is 9.18. The monoisotopic (exact) mass is 267 g/mol. The van der Waals surface area contributed by atoms with Gasteiger partial charge in [0.2, 0.25) is 0 Å². The summed E-state index contributed by atoms with van der Waals surface area (Å²) in [7, 11) is 1.63. The molecule has 108 valence electrons. The van der Waals surface area contributed by atoms with E-state index >= 15 is 0 Å². The van der Waals surface area contributed by atoms with Gasteiger partial charge in [0.15, 0.2) is 11.5 Å². The summed E-state index contributed by atoms with van der Waals surface area (Å²) in [6.45, 7) is 5.45. The normalized spacial score (nSPS) is 12.5. The van der Waals surface area contributed by atoms with Crippen molar-refractivity contribution < 1.29 is 14.6 Å². The highest BCUT2D eigenvalue weighted by molar-refractivity contribution is 5.43. The molecular formula is C15H25NO3. The van der Waals surface area contributed by atoms with Crippen LogP contribution >= 0.6 is 0 Å².